The van der Waals surface area contributed by atoms with Crippen LogP contribution in [0.25, 0.3) is 11.5 Å². The second-order valence-corrected chi connectivity index (χ2v) is 8.32. The molecule has 2 fully saturated rings. The van der Waals surface area contributed by atoms with Crippen LogP contribution in [-0.4, -0.2) is 39.3 Å². The average molecular weight is 392 g/mol. The Morgan fingerprint density at radius 1 is 1.19 bits per heavy atom. The zero-order valence-corrected chi connectivity index (χ0v) is 16.1. The molecule has 7 heteroatoms. The number of likely N-dealkylation sites (tertiary alicyclic amines) is 1. The molecule has 1 aliphatic carbocycles. The van der Waals surface area contributed by atoms with Crippen LogP contribution >= 0.6 is 23.4 Å². The summed E-state index contributed by atoms with van der Waals surface area (Å²) in [7, 11) is 0. The maximum atomic E-state index is 12.8. The van der Waals surface area contributed by atoms with Gasteiger partial charge >= 0.3 is 0 Å². The van der Waals surface area contributed by atoms with E-state index in [9.17, 15) is 4.79 Å². The summed E-state index contributed by atoms with van der Waals surface area (Å²) in [6.45, 7) is 0.884. The fraction of sp³-hybridized carbons (Fsp3) is 0.526. The minimum atomic E-state index is 0.184. The van der Waals surface area contributed by atoms with Crippen molar-refractivity contribution >= 4 is 29.3 Å². The first-order valence-electron chi connectivity index (χ1n) is 9.23. The highest BCUT2D eigenvalue weighted by Gasteiger charge is 2.35. The highest BCUT2D eigenvalue weighted by molar-refractivity contribution is 7.99. The molecule has 2 aromatic rings. The molecule has 1 saturated carbocycles. The molecule has 2 unspecified atom stereocenters. The van der Waals surface area contributed by atoms with Crippen molar-refractivity contribution in [2.24, 2.45) is 5.92 Å². The number of nitrogens with zero attached hydrogens (tertiary/aromatic N) is 3. The molecule has 1 aromatic carbocycles. The number of hydrogen-bond acceptors (Lipinski definition) is 5. The maximum absolute atomic E-state index is 12.8. The number of thioether (sulfide) groups is 1. The Morgan fingerprint density at radius 2 is 2.00 bits per heavy atom. The van der Waals surface area contributed by atoms with E-state index in [1.807, 2.05) is 18.2 Å². The molecule has 0 radical (unpaired) electrons. The highest BCUT2D eigenvalue weighted by atomic mass is 35.5. The van der Waals surface area contributed by atoms with Crippen LogP contribution in [0, 0.1) is 5.92 Å². The summed E-state index contributed by atoms with van der Waals surface area (Å²) in [5, 5.41) is 9.08. The number of fused-ring (bicyclic) bond motifs is 1. The van der Waals surface area contributed by atoms with Crippen LogP contribution in [0.2, 0.25) is 5.02 Å². The molecule has 0 bridgehead atoms. The van der Waals surface area contributed by atoms with E-state index in [4.69, 9.17) is 16.0 Å². The lowest BCUT2D eigenvalue weighted by Gasteiger charge is -2.44. The lowest BCUT2D eigenvalue weighted by Crippen LogP contribution is -2.50. The van der Waals surface area contributed by atoms with E-state index in [-0.39, 0.29) is 5.91 Å². The highest BCUT2D eigenvalue weighted by Crippen LogP contribution is 2.36. The summed E-state index contributed by atoms with van der Waals surface area (Å²) in [5.41, 5.74) is 0.709. The van der Waals surface area contributed by atoms with E-state index in [0.29, 0.717) is 39.4 Å². The first-order chi connectivity index (χ1) is 12.7. The van der Waals surface area contributed by atoms with E-state index in [2.05, 4.69) is 15.1 Å². The third kappa shape index (κ3) is 3.76. The number of benzene rings is 1. The molecule has 1 aromatic heterocycles. The van der Waals surface area contributed by atoms with E-state index in [0.717, 1.165) is 19.4 Å². The second kappa shape index (κ2) is 8.01. The first kappa shape index (κ1) is 17.9. The molecule has 5 nitrogen and oxygen atoms in total. The van der Waals surface area contributed by atoms with Crippen molar-refractivity contribution < 1.29 is 9.21 Å². The van der Waals surface area contributed by atoms with Crippen LogP contribution in [0.3, 0.4) is 0 Å². The van der Waals surface area contributed by atoms with Gasteiger partial charge in [-0.05, 0) is 43.7 Å². The summed E-state index contributed by atoms with van der Waals surface area (Å²) in [6, 6.07) is 7.79. The number of amides is 1. The van der Waals surface area contributed by atoms with Gasteiger partial charge < -0.3 is 9.32 Å². The molecule has 2 aliphatic rings. The molecule has 2 heterocycles. The fourth-order valence-electron chi connectivity index (χ4n) is 4.15. The Bertz CT molecular complexity index is 780. The molecule has 4 rings (SSSR count). The predicted octanol–water partition coefficient (Wildman–Crippen LogP) is 4.66. The smallest absolute Gasteiger partial charge is 0.277 e. The fourth-order valence-corrected chi connectivity index (χ4v) is 5.02. The third-order valence-corrected chi connectivity index (χ3v) is 6.53. The van der Waals surface area contributed by atoms with Gasteiger partial charge in [0.15, 0.2) is 0 Å². The molecule has 0 N–H and O–H groups in total. The molecule has 2 atom stereocenters. The Balaban J connectivity index is 1.38. The summed E-state index contributed by atoms with van der Waals surface area (Å²) in [5.74, 6) is 1.61. The summed E-state index contributed by atoms with van der Waals surface area (Å²) >= 11 is 7.47. The number of piperidine rings is 1. The van der Waals surface area contributed by atoms with Crippen LogP contribution < -0.4 is 0 Å². The number of carbonyl (C=O) groups excluding carboxylic acids is 1. The average Bonchev–Trinajstić information content (AvgIpc) is 3.15. The van der Waals surface area contributed by atoms with Crippen molar-refractivity contribution in [3.63, 3.8) is 0 Å². The molecule has 1 amide bonds. The summed E-state index contributed by atoms with van der Waals surface area (Å²) in [4.78, 5) is 14.9. The quantitative estimate of drug-likeness (QED) is 0.709. The normalized spacial score (nSPS) is 22.9. The van der Waals surface area contributed by atoms with Crippen molar-refractivity contribution in [3.8, 4) is 11.5 Å². The number of aromatic nitrogens is 2. The van der Waals surface area contributed by atoms with Crippen molar-refractivity contribution in [1.82, 2.24) is 15.1 Å². The molecule has 138 valence electrons. The Kier molecular flexibility index (Phi) is 5.50. The van der Waals surface area contributed by atoms with Crippen LogP contribution in [0.1, 0.15) is 38.5 Å². The molecule has 26 heavy (non-hydrogen) atoms. The minimum absolute atomic E-state index is 0.184. The SMILES string of the molecule is O=C(CSc1nnc(-c2ccccc2Cl)o1)N1CCCC2CCCCC21. The van der Waals surface area contributed by atoms with Gasteiger partial charge in [0.1, 0.15) is 0 Å². The van der Waals surface area contributed by atoms with Crippen LogP contribution in [0.4, 0.5) is 0 Å². The van der Waals surface area contributed by atoms with Crippen LogP contribution in [0.15, 0.2) is 33.9 Å². The van der Waals surface area contributed by atoms with Gasteiger partial charge in [-0.15, -0.1) is 10.2 Å². The van der Waals surface area contributed by atoms with Crippen molar-refractivity contribution in [1.29, 1.82) is 0 Å². The second-order valence-electron chi connectivity index (χ2n) is 6.98. The van der Waals surface area contributed by atoms with Gasteiger partial charge in [-0.1, -0.05) is 48.3 Å². The predicted molar refractivity (Wildman–Crippen MR) is 102 cm³/mol. The summed E-state index contributed by atoms with van der Waals surface area (Å²) < 4.78 is 5.68. The third-order valence-electron chi connectivity index (χ3n) is 5.39. The zero-order valence-electron chi connectivity index (χ0n) is 14.6. The number of carbonyl (C=O) groups is 1. The van der Waals surface area contributed by atoms with E-state index >= 15 is 0 Å². The molecular formula is C19H22ClN3O2S. The van der Waals surface area contributed by atoms with Crippen LogP contribution in [0.5, 0.6) is 0 Å². The lowest BCUT2D eigenvalue weighted by molar-refractivity contribution is -0.134. The number of rotatable bonds is 4. The lowest BCUT2D eigenvalue weighted by atomic mass is 9.78. The van der Waals surface area contributed by atoms with Crippen molar-refractivity contribution in [3.05, 3.63) is 29.3 Å². The maximum Gasteiger partial charge on any atom is 0.277 e. The van der Waals surface area contributed by atoms with Crippen molar-refractivity contribution in [2.75, 3.05) is 12.3 Å². The topological polar surface area (TPSA) is 59.2 Å². The Morgan fingerprint density at radius 3 is 2.88 bits per heavy atom. The van der Waals surface area contributed by atoms with Gasteiger partial charge in [0.05, 0.1) is 16.3 Å². The van der Waals surface area contributed by atoms with Gasteiger partial charge in [0, 0.05) is 12.6 Å². The first-order valence-corrected chi connectivity index (χ1v) is 10.6. The van der Waals surface area contributed by atoms with Crippen LogP contribution in [-0.2, 0) is 4.79 Å². The van der Waals surface area contributed by atoms with Gasteiger partial charge in [0.2, 0.25) is 11.8 Å². The number of hydrogen-bond donors (Lipinski definition) is 0. The van der Waals surface area contributed by atoms with Gasteiger partial charge in [-0.3, -0.25) is 4.79 Å². The van der Waals surface area contributed by atoms with Gasteiger partial charge in [0.25, 0.3) is 5.22 Å². The van der Waals surface area contributed by atoms with E-state index in [1.165, 1.54) is 37.4 Å². The Hall–Kier alpha value is -1.53. The van der Waals surface area contributed by atoms with E-state index < -0.39 is 0 Å². The molecule has 1 saturated heterocycles. The molecule has 0 spiro atoms. The standard InChI is InChI=1S/C19H22ClN3O2S/c20-15-9-3-2-8-14(15)18-21-22-19(25-18)26-12-17(24)23-11-5-7-13-6-1-4-10-16(13)23/h2-3,8-9,13,16H,1,4-7,10-12H2. The van der Waals surface area contributed by atoms with Crippen molar-refractivity contribution in [2.45, 2.75) is 49.8 Å². The monoisotopic (exact) mass is 391 g/mol. The van der Waals surface area contributed by atoms with Gasteiger partial charge in [-0.2, -0.15) is 0 Å². The molecule has 1 aliphatic heterocycles. The largest absolute Gasteiger partial charge is 0.411 e. The minimum Gasteiger partial charge on any atom is -0.411 e. The summed E-state index contributed by atoms with van der Waals surface area (Å²) in [6.07, 6.45) is 7.36. The zero-order chi connectivity index (χ0) is 17.9. The molecular weight excluding hydrogens is 370 g/mol. The van der Waals surface area contributed by atoms with Gasteiger partial charge in [-0.25, -0.2) is 0 Å². The number of halogens is 1. The van der Waals surface area contributed by atoms with E-state index in [1.54, 1.807) is 6.07 Å². The Labute approximate surface area is 162 Å².